The summed E-state index contributed by atoms with van der Waals surface area (Å²) in [6.07, 6.45) is 0. The van der Waals surface area contributed by atoms with Crippen molar-refractivity contribution in [3.05, 3.63) is 144 Å². The highest BCUT2D eigenvalue weighted by atomic mass is 16.2. The highest BCUT2D eigenvalue weighted by Gasteiger charge is 2.28. The minimum Gasteiger partial charge on any atom is -0.345 e. The van der Waals surface area contributed by atoms with Gasteiger partial charge in [0, 0.05) is 26.2 Å². The number of carbonyl (C=O) groups is 6. The first-order chi connectivity index (χ1) is 25.2. The molecule has 268 valence electrons. The topological polar surface area (TPSA) is 139 Å². The van der Waals surface area contributed by atoms with E-state index in [-0.39, 0.29) is 52.4 Å². The predicted molar refractivity (Wildman–Crippen MR) is 193 cm³/mol. The second-order valence-corrected chi connectivity index (χ2v) is 12.5. The number of nitrogens with zero attached hydrogens (tertiary/aromatic N) is 4. The number of hydrogen-bond donors (Lipinski definition) is 2. The quantitative estimate of drug-likeness (QED) is 0.289. The highest BCUT2D eigenvalue weighted by Crippen LogP contribution is 2.12. The lowest BCUT2D eigenvalue weighted by Crippen LogP contribution is -2.51. The fraction of sp³-hybridized carbons (Fsp3) is 0.250. The molecule has 1 fully saturated rings. The molecule has 0 radical (unpaired) electrons. The molecule has 0 unspecified atom stereocenters. The van der Waals surface area contributed by atoms with Crippen molar-refractivity contribution in [1.29, 1.82) is 0 Å². The zero-order valence-corrected chi connectivity index (χ0v) is 28.9. The Labute approximate surface area is 303 Å². The van der Waals surface area contributed by atoms with Gasteiger partial charge in [0.2, 0.25) is 35.4 Å². The second kappa shape index (κ2) is 18.6. The van der Waals surface area contributed by atoms with Crippen LogP contribution in [0.4, 0.5) is 0 Å². The van der Waals surface area contributed by atoms with Gasteiger partial charge in [0.15, 0.2) is 0 Å². The summed E-state index contributed by atoms with van der Waals surface area (Å²) < 4.78 is 0. The lowest BCUT2D eigenvalue weighted by Gasteiger charge is -2.30. The molecule has 0 aliphatic carbocycles. The molecule has 0 aromatic heterocycles. The zero-order chi connectivity index (χ0) is 36.7. The molecule has 1 saturated heterocycles. The van der Waals surface area contributed by atoms with Crippen molar-refractivity contribution in [3.63, 3.8) is 0 Å². The SMILES string of the molecule is O=C1CN(Cc2ccccc2)C(=O)CN(Cc2ccccc2)C(=O)CN(Cc2ccccc2)C(=O)CNC(=O)CN(Cc2ccccc2)C(=O)CN1. The van der Waals surface area contributed by atoms with Gasteiger partial charge in [0.25, 0.3) is 0 Å². The molecule has 4 aromatic carbocycles. The van der Waals surface area contributed by atoms with Crippen LogP contribution in [0, 0.1) is 0 Å². The fourth-order valence-corrected chi connectivity index (χ4v) is 5.70. The number of hydrogen-bond acceptors (Lipinski definition) is 6. The molecule has 4 aromatic rings. The Morgan fingerprint density at radius 2 is 0.596 bits per heavy atom. The van der Waals surface area contributed by atoms with Gasteiger partial charge in [-0.25, -0.2) is 0 Å². The van der Waals surface area contributed by atoms with Crippen LogP contribution in [0.5, 0.6) is 0 Å². The number of amides is 6. The van der Waals surface area contributed by atoms with Crippen molar-refractivity contribution in [3.8, 4) is 0 Å². The molecule has 12 heteroatoms. The van der Waals surface area contributed by atoms with Crippen LogP contribution in [0.3, 0.4) is 0 Å². The minimum absolute atomic E-state index is 0.0760. The van der Waals surface area contributed by atoms with E-state index in [1.807, 2.05) is 121 Å². The third-order valence-corrected chi connectivity index (χ3v) is 8.47. The summed E-state index contributed by atoms with van der Waals surface area (Å²) in [7, 11) is 0. The van der Waals surface area contributed by atoms with E-state index in [1.165, 1.54) is 19.6 Å². The van der Waals surface area contributed by atoms with Gasteiger partial charge in [-0.3, -0.25) is 28.8 Å². The molecule has 2 N–H and O–H groups in total. The summed E-state index contributed by atoms with van der Waals surface area (Å²) in [5, 5.41) is 5.20. The van der Waals surface area contributed by atoms with Crippen LogP contribution in [0.2, 0.25) is 0 Å². The Hall–Kier alpha value is -6.30. The van der Waals surface area contributed by atoms with Gasteiger partial charge >= 0.3 is 0 Å². The van der Waals surface area contributed by atoms with Crippen molar-refractivity contribution in [2.45, 2.75) is 26.2 Å². The third-order valence-electron chi connectivity index (χ3n) is 8.47. The normalized spacial score (nSPS) is 15.9. The van der Waals surface area contributed by atoms with Crippen molar-refractivity contribution in [2.75, 3.05) is 39.3 Å². The van der Waals surface area contributed by atoms with Crippen LogP contribution in [0.15, 0.2) is 121 Å². The van der Waals surface area contributed by atoms with Crippen molar-refractivity contribution >= 4 is 35.4 Å². The summed E-state index contributed by atoms with van der Waals surface area (Å²) in [4.78, 5) is 87.1. The molecule has 1 aliphatic rings. The molecule has 0 atom stereocenters. The number of carbonyl (C=O) groups excluding carboxylic acids is 6. The molecule has 6 amide bonds. The Morgan fingerprint density at radius 1 is 0.346 bits per heavy atom. The predicted octanol–water partition coefficient (Wildman–Crippen LogP) is 2.35. The van der Waals surface area contributed by atoms with Gasteiger partial charge in [-0.2, -0.15) is 0 Å². The van der Waals surface area contributed by atoms with E-state index in [4.69, 9.17) is 0 Å². The van der Waals surface area contributed by atoms with Crippen LogP contribution in [0.1, 0.15) is 22.3 Å². The number of rotatable bonds is 8. The lowest BCUT2D eigenvalue weighted by molar-refractivity contribution is -0.146. The van der Waals surface area contributed by atoms with Crippen LogP contribution < -0.4 is 10.6 Å². The standard InChI is InChI=1S/C40H42N6O6/c47-35-27-43(23-31-13-5-1-6-14-31)37(49)21-41-36(48)28-44(24-32-15-7-2-8-16-32)39(51)30-46(26-34-19-11-4-12-20-34)40(52)29-45(38(50)22-42-35)25-33-17-9-3-10-18-33/h1-20H,21-30H2,(H,41,48)(H,42,47). The Kier molecular flexibility index (Phi) is 13.2. The first-order valence-corrected chi connectivity index (χ1v) is 17.0. The van der Waals surface area contributed by atoms with E-state index in [0.29, 0.717) is 0 Å². The molecule has 0 bridgehead atoms. The summed E-state index contributed by atoms with van der Waals surface area (Å²) in [6, 6.07) is 36.5. The molecule has 5 rings (SSSR count). The molecule has 0 spiro atoms. The smallest absolute Gasteiger partial charge is 0.242 e. The molecule has 12 nitrogen and oxygen atoms in total. The molecule has 1 heterocycles. The van der Waals surface area contributed by atoms with Gasteiger partial charge in [0.1, 0.15) is 13.1 Å². The van der Waals surface area contributed by atoms with Crippen molar-refractivity contribution < 1.29 is 28.8 Å². The Balaban J connectivity index is 1.46. The largest absolute Gasteiger partial charge is 0.345 e. The van der Waals surface area contributed by atoms with E-state index in [9.17, 15) is 28.8 Å². The highest BCUT2D eigenvalue weighted by molar-refractivity contribution is 5.93. The van der Waals surface area contributed by atoms with E-state index in [1.54, 1.807) is 0 Å². The molecule has 1 aliphatic heterocycles. The van der Waals surface area contributed by atoms with E-state index in [0.717, 1.165) is 22.3 Å². The van der Waals surface area contributed by atoms with Gasteiger partial charge in [-0.15, -0.1) is 0 Å². The first-order valence-electron chi connectivity index (χ1n) is 17.0. The zero-order valence-electron chi connectivity index (χ0n) is 28.9. The summed E-state index contributed by atoms with van der Waals surface area (Å²) in [5.74, 6) is -3.18. The molecular formula is C40H42N6O6. The maximum absolute atomic E-state index is 14.1. The monoisotopic (exact) mass is 702 g/mol. The second-order valence-electron chi connectivity index (χ2n) is 12.5. The van der Waals surface area contributed by atoms with Crippen molar-refractivity contribution in [1.82, 2.24) is 30.2 Å². The molecule has 0 saturated carbocycles. The summed E-state index contributed by atoms with van der Waals surface area (Å²) in [6.45, 7) is -2.04. The van der Waals surface area contributed by atoms with Gasteiger partial charge < -0.3 is 30.2 Å². The Bertz CT molecular complexity index is 1790. The third kappa shape index (κ3) is 11.4. The van der Waals surface area contributed by atoms with E-state index in [2.05, 4.69) is 10.6 Å². The molecule has 52 heavy (non-hydrogen) atoms. The molecular weight excluding hydrogens is 660 g/mol. The maximum Gasteiger partial charge on any atom is 0.242 e. The number of nitrogens with one attached hydrogen (secondary N) is 2. The fourth-order valence-electron chi connectivity index (χ4n) is 5.70. The Morgan fingerprint density at radius 3 is 0.904 bits per heavy atom. The minimum atomic E-state index is -0.582. The van der Waals surface area contributed by atoms with E-state index >= 15 is 0 Å². The number of benzene rings is 4. The van der Waals surface area contributed by atoms with E-state index < -0.39 is 48.5 Å². The van der Waals surface area contributed by atoms with Crippen LogP contribution in [-0.2, 0) is 54.9 Å². The average Bonchev–Trinajstić information content (AvgIpc) is 3.16. The van der Waals surface area contributed by atoms with Crippen LogP contribution >= 0.6 is 0 Å². The average molecular weight is 703 g/mol. The van der Waals surface area contributed by atoms with Crippen LogP contribution in [-0.4, -0.2) is 94.3 Å². The van der Waals surface area contributed by atoms with Gasteiger partial charge in [-0.05, 0) is 22.3 Å². The maximum atomic E-state index is 14.1. The summed E-state index contributed by atoms with van der Waals surface area (Å²) in [5.41, 5.74) is 3.07. The van der Waals surface area contributed by atoms with Crippen LogP contribution in [0.25, 0.3) is 0 Å². The van der Waals surface area contributed by atoms with Gasteiger partial charge in [0.05, 0.1) is 26.2 Å². The summed E-state index contributed by atoms with van der Waals surface area (Å²) >= 11 is 0. The lowest BCUT2D eigenvalue weighted by atomic mass is 10.2. The first kappa shape index (κ1) is 37.0. The van der Waals surface area contributed by atoms with Gasteiger partial charge in [-0.1, -0.05) is 121 Å². The van der Waals surface area contributed by atoms with Crippen molar-refractivity contribution in [2.24, 2.45) is 0 Å².